The largest absolute Gasteiger partial charge is 0.458 e. The Balaban J connectivity index is 1.52. The molecule has 1 saturated heterocycles. The van der Waals surface area contributed by atoms with Crippen LogP contribution in [0.3, 0.4) is 0 Å². The van der Waals surface area contributed by atoms with Crippen LogP contribution in [0.1, 0.15) is 44.9 Å². The number of piperidine rings is 1. The van der Waals surface area contributed by atoms with Crippen molar-refractivity contribution in [1.29, 1.82) is 0 Å². The van der Waals surface area contributed by atoms with Crippen LogP contribution in [0.5, 0.6) is 6.01 Å². The molecule has 6 heteroatoms. The highest BCUT2D eigenvalue weighted by Crippen LogP contribution is 2.28. The number of hydrogen-bond acceptors (Lipinski definition) is 4. The van der Waals surface area contributed by atoms with Gasteiger partial charge in [0.25, 0.3) is 0 Å². The lowest BCUT2D eigenvalue weighted by Crippen LogP contribution is -2.44. The molecule has 2 fully saturated rings. The number of nitrogens with zero attached hydrogens (tertiary/aromatic N) is 3. The van der Waals surface area contributed by atoms with E-state index in [-0.39, 0.29) is 18.0 Å². The van der Waals surface area contributed by atoms with Gasteiger partial charge >= 0.3 is 6.01 Å². The van der Waals surface area contributed by atoms with Crippen LogP contribution >= 0.6 is 0 Å². The van der Waals surface area contributed by atoms with Crippen LogP contribution in [0.25, 0.3) is 0 Å². The average molecular weight is 307 g/mol. The second-order valence-electron chi connectivity index (χ2n) is 6.26. The van der Waals surface area contributed by atoms with E-state index >= 15 is 0 Å². The van der Waals surface area contributed by atoms with Crippen molar-refractivity contribution in [2.24, 2.45) is 5.92 Å². The maximum Gasteiger partial charge on any atom is 0.316 e. The third-order valence-electron chi connectivity index (χ3n) is 4.54. The smallest absolute Gasteiger partial charge is 0.316 e. The molecule has 0 spiro atoms. The molecule has 1 saturated carbocycles. The first kappa shape index (κ1) is 15.2. The van der Waals surface area contributed by atoms with Gasteiger partial charge in [-0.3, -0.25) is 4.79 Å². The molecule has 1 atom stereocenters. The van der Waals surface area contributed by atoms with E-state index < -0.39 is 5.82 Å². The molecule has 2 aliphatic rings. The Morgan fingerprint density at radius 3 is 2.68 bits per heavy atom. The molecule has 5 nitrogen and oxygen atoms in total. The molecule has 120 valence electrons. The summed E-state index contributed by atoms with van der Waals surface area (Å²) in [5.41, 5.74) is 0. The number of aromatic nitrogens is 2. The van der Waals surface area contributed by atoms with Crippen molar-refractivity contribution in [3.8, 4) is 6.01 Å². The topological polar surface area (TPSA) is 55.3 Å². The number of amides is 1. The van der Waals surface area contributed by atoms with Gasteiger partial charge in [0.05, 0.1) is 18.9 Å². The summed E-state index contributed by atoms with van der Waals surface area (Å²) in [6, 6.07) is 0.177. The van der Waals surface area contributed by atoms with Gasteiger partial charge in [-0.15, -0.1) is 0 Å². The fourth-order valence-electron chi connectivity index (χ4n) is 3.36. The third kappa shape index (κ3) is 3.93. The fourth-order valence-corrected chi connectivity index (χ4v) is 3.36. The maximum absolute atomic E-state index is 12.8. The summed E-state index contributed by atoms with van der Waals surface area (Å²) in [4.78, 5) is 21.9. The van der Waals surface area contributed by atoms with Crippen LogP contribution in [0.15, 0.2) is 12.4 Å². The lowest BCUT2D eigenvalue weighted by atomic mass is 10.0. The summed E-state index contributed by atoms with van der Waals surface area (Å²) in [7, 11) is 0. The minimum atomic E-state index is -0.482. The Morgan fingerprint density at radius 2 is 1.95 bits per heavy atom. The normalized spacial score (nSPS) is 22.8. The zero-order valence-corrected chi connectivity index (χ0v) is 12.7. The van der Waals surface area contributed by atoms with Crippen LogP contribution in [0.4, 0.5) is 4.39 Å². The number of rotatable bonds is 4. The van der Waals surface area contributed by atoms with E-state index in [0.29, 0.717) is 18.9 Å². The highest BCUT2D eigenvalue weighted by atomic mass is 19.1. The van der Waals surface area contributed by atoms with Crippen molar-refractivity contribution in [2.75, 3.05) is 13.1 Å². The summed E-state index contributed by atoms with van der Waals surface area (Å²) in [5, 5.41) is 0. The zero-order valence-electron chi connectivity index (χ0n) is 12.7. The van der Waals surface area contributed by atoms with Crippen LogP contribution in [-0.4, -0.2) is 40.0 Å². The second-order valence-corrected chi connectivity index (χ2v) is 6.26. The Morgan fingerprint density at radius 1 is 1.23 bits per heavy atom. The van der Waals surface area contributed by atoms with Crippen molar-refractivity contribution >= 4 is 5.91 Å². The third-order valence-corrected chi connectivity index (χ3v) is 4.54. The fraction of sp³-hybridized carbons (Fsp3) is 0.688. The quantitative estimate of drug-likeness (QED) is 0.858. The molecule has 3 rings (SSSR count). The van der Waals surface area contributed by atoms with Gasteiger partial charge in [-0.1, -0.05) is 12.8 Å². The SMILES string of the molecule is O=C(CC1CCCC1)N1CCCC(Oc2ncc(F)cn2)C1. The molecule has 0 aromatic carbocycles. The molecule has 1 aliphatic carbocycles. The number of halogens is 1. The number of carbonyl (C=O) groups is 1. The minimum absolute atomic E-state index is 0.105. The van der Waals surface area contributed by atoms with Crippen LogP contribution in [0, 0.1) is 11.7 Å². The predicted octanol–water partition coefficient (Wildman–Crippen LogP) is 2.57. The lowest BCUT2D eigenvalue weighted by molar-refractivity contribution is -0.134. The highest BCUT2D eigenvalue weighted by molar-refractivity contribution is 5.76. The van der Waals surface area contributed by atoms with E-state index in [2.05, 4.69) is 9.97 Å². The summed E-state index contributed by atoms with van der Waals surface area (Å²) < 4.78 is 18.5. The van der Waals surface area contributed by atoms with Gasteiger partial charge in [0, 0.05) is 13.0 Å². The van der Waals surface area contributed by atoms with E-state index in [1.165, 1.54) is 25.7 Å². The standard InChI is InChI=1S/C16H22FN3O2/c17-13-9-18-16(19-10-13)22-14-6-3-7-20(11-14)15(21)8-12-4-1-2-5-12/h9-10,12,14H,1-8,11H2. The molecule has 0 N–H and O–H groups in total. The molecule has 22 heavy (non-hydrogen) atoms. The van der Waals surface area contributed by atoms with Crippen LogP contribution in [-0.2, 0) is 4.79 Å². The van der Waals surface area contributed by atoms with Crippen LogP contribution < -0.4 is 4.74 Å². The van der Waals surface area contributed by atoms with Gasteiger partial charge < -0.3 is 9.64 Å². The van der Waals surface area contributed by atoms with Gasteiger partial charge in [0.15, 0.2) is 5.82 Å². The predicted molar refractivity (Wildman–Crippen MR) is 78.8 cm³/mol. The zero-order chi connectivity index (χ0) is 15.4. The molecule has 1 unspecified atom stereocenters. The van der Waals surface area contributed by atoms with E-state index in [9.17, 15) is 9.18 Å². The lowest BCUT2D eigenvalue weighted by Gasteiger charge is -2.33. The molecule has 0 bridgehead atoms. The monoisotopic (exact) mass is 307 g/mol. The van der Waals surface area contributed by atoms with Crippen LogP contribution in [0.2, 0.25) is 0 Å². The molecular formula is C16H22FN3O2. The number of carbonyl (C=O) groups excluding carboxylic acids is 1. The molecule has 2 heterocycles. The van der Waals surface area contributed by atoms with Gasteiger partial charge in [-0.25, -0.2) is 14.4 Å². The van der Waals surface area contributed by atoms with E-state index in [1.807, 2.05) is 4.90 Å². The van der Waals surface area contributed by atoms with Crippen molar-refractivity contribution in [2.45, 2.75) is 51.0 Å². The van der Waals surface area contributed by atoms with E-state index in [1.54, 1.807) is 0 Å². The van der Waals surface area contributed by atoms with Gasteiger partial charge in [-0.2, -0.15) is 0 Å². The Labute approximate surface area is 129 Å². The van der Waals surface area contributed by atoms with Crippen molar-refractivity contribution < 1.29 is 13.9 Å². The number of ether oxygens (including phenoxy) is 1. The molecule has 1 aliphatic heterocycles. The summed E-state index contributed by atoms with van der Waals surface area (Å²) in [5.74, 6) is 0.318. The molecule has 1 aromatic heterocycles. The number of likely N-dealkylation sites (tertiary alicyclic amines) is 1. The molecule has 0 radical (unpaired) electrons. The Kier molecular flexibility index (Phi) is 4.85. The van der Waals surface area contributed by atoms with Gasteiger partial charge in [0.1, 0.15) is 6.10 Å². The van der Waals surface area contributed by atoms with Crippen molar-refractivity contribution in [3.05, 3.63) is 18.2 Å². The highest BCUT2D eigenvalue weighted by Gasteiger charge is 2.27. The van der Waals surface area contributed by atoms with E-state index in [0.717, 1.165) is 31.8 Å². The molecule has 1 aromatic rings. The Hall–Kier alpha value is -1.72. The first-order chi connectivity index (χ1) is 10.7. The summed E-state index contributed by atoms with van der Waals surface area (Å²) in [6.07, 6.45) is 9.41. The summed E-state index contributed by atoms with van der Waals surface area (Å²) >= 11 is 0. The first-order valence-corrected chi connectivity index (χ1v) is 8.12. The minimum Gasteiger partial charge on any atom is -0.458 e. The molecule has 1 amide bonds. The van der Waals surface area contributed by atoms with E-state index in [4.69, 9.17) is 4.74 Å². The second kappa shape index (κ2) is 7.03. The maximum atomic E-state index is 12.8. The summed E-state index contributed by atoms with van der Waals surface area (Å²) in [6.45, 7) is 1.38. The Bertz CT molecular complexity index is 503. The average Bonchev–Trinajstić information content (AvgIpc) is 3.03. The number of hydrogen-bond donors (Lipinski definition) is 0. The molecular weight excluding hydrogens is 285 g/mol. The van der Waals surface area contributed by atoms with Gasteiger partial charge in [0.2, 0.25) is 5.91 Å². The first-order valence-electron chi connectivity index (χ1n) is 8.12. The van der Waals surface area contributed by atoms with Crippen molar-refractivity contribution in [3.63, 3.8) is 0 Å². The van der Waals surface area contributed by atoms with Crippen molar-refractivity contribution in [1.82, 2.24) is 14.9 Å². The van der Waals surface area contributed by atoms with Gasteiger partial charge in [-0.05, 0) is 31.6 Å².